The number of hydrogen-bond donors (Lipinski definition) is 0. The number of fused-ring (bicyclic) bond motifs is 5. The summed E-state index contributed by atoms with van der Waals surface area (Å²) in [6.07, 6.45) is 0. The van der Waals surface area contributed by atoms with Crippen LogP contribution in [0.3, 0.4) is 0 Å². The fourth-order valence-electron chi connectivity index (χ4n) is 3.85. The van der Waals surface area contributed by atoms with Crippen molar-refractivity contribution in [1.82, 2.24) is 4.57 Å². The number of hydrogen-bond acceptors (Lipinski definition) is 0. The van der Waals surface area contributed by atoms with Gasteiger partial charge in [0.05, 0.1) is 11.0 Å². The number of aromatic nitrogens is 1. The predicted molar refractivity (Wildman–Crippen MR) is 103 cm³/mol. The highest BCUT2D eigenvalue weighted by molar-refractivity contribution is 6.21. The molecule has 0 radical (unpaired) electrons. The quantitative estimate of drug-likeness (QED) is 0.345. The SMILES string of the molecule is Cc1cccc2c3c4ccccc4ccc3n(-c3ccccc3)c12. The highest BCUT2D eigenvalue weighted by Crippen LogP contribution is 2.37. The van der Waals surface area contributed by atoms with E-state index in [0.717, 1.165) is 0 Å². The molecule has 0 fully saturated rings. The Morgan fingerprint density at radius 1 is 0.625 bits per heavy atom. The molecule has 0 saturated carbocycles. The summed E-state index contributed by atoms with van der Waals surface area (Å²) in [5.74, 6) is 0. The predicted octanol–water partition coefficient (Wildman–Crippen LogP) is 6.25. The van der Waals surface area contributed by atoms with Gasteiger partial charge in [-0.05, 0) is 41.5 Å². The number of para-hydroxylation sites is 2. The maximum atomic E-state index is 2.40. The molecule has 0 unspecified atom stereocenters. The average molecular weight is 307 g/mol. The van der Waals surface area contributed by atoms with Crippen molar-refractivity contribution in [1.29, 1.82) is 0 Å². The lowest BCUT2D eigenvalue weighted by Crippen LogP contribution is -1.94. The second-order valence-corrected chi connectivity index (χ2v) is 6.32. The Bertz CT molecular complexity index is 1200. The van der Waals surface area contributed by atoms with Crippen molar-refractivity contribution in [2.24, 2.45) is 0 Å². The van der Waals surface area contributed by atoms with E-state index in [1.54, 1.807) is 0 Å². The summed E-state index contributed by atoms with van der Waals surface area (Å²) in [5, 5.41) is 5.28. The van der Waals surface area contributed by atoms with Crippen LogP contribution in [0.1, 0.15) is 5.56 Å². The van der Waals surface area contributed by atoms with E-state index in [1.807, 2.05) is 0 Å². The molecule has 5 rings (SSSR count). The van der Waals surface area contributed by atoms with Crippen LogP contribution in [0.25, 0.3) is 38.3 Å². The minimum Gasteiger partial charge on any atom is -0.309 e. The first-order chi connectivity index (χ1) is 11.8. The lowest BCUT2D eigenvalue weighted by atomic mass is 10.0. The fourth-order valence-corrected chi connectivity index (χ4v) is 3.85. The summed E-state index contributed by atoms with van der Waals surface area (Å²) in [6.45, 7) is 2.20. The van der Waals surface area contributed by atoms with Gasteiger partial charge < -0.3 is 4.57 Å². The van der Waals surface area contributed by atoms with Gasteiger partial charge in [0.2, 0.25) is 0 Å². The Hall–Kier alpha value is -3.06. The van der Waals surface area contributed by atoms with E-state index in [0.29, 0.717) is 0 Å². The highest BCUT2D eigenvalue weighted by Gasteiger charge is 2.15. The molecule has 5 aromatic rings. The van der Waals surface area contributed by atoms with E-state index in [9.17, 15) is 0 Å². The van der Waals surface area contributed by atoms with E-state index in [-0.39, 0.29) is 0 Å². The van der Waals surface area contributed by atoms with Gasteiger partial charge in [-0.2, -0.15) is 0 Å². The number of aryl methyl sites for hydroxylation is 1. The van der Waals surface area contributed by atoms with Crippen LogP contribution >= 0.6 is 0 Å². The second kappa shape index (κ2) is 4.97. The molecule has 0 aliphatic carbocycles. The molecule has 0 aliphatic rings. The summed E-state index contributed by atoms with van der Waals surface area (Å²) in [5.41, 5.74) is 5.08. The zero-order chi connectivity index (χ0) is 16.1. The van der Waals surface area contributed by atoms with Gasteiger partial charge in [-0.15, -0.1) is 0 Å². The van der Waals surface area contributed by atoms with Gasteiger partial charge in [-0.1, -0.05) is 66.7 Å². The van der Waals surface area contributed by atoms with Gasteiger partial charge in [0.25, 0.3) is 0 Å². The van der Waals surface area contributed by atoms with Crippen molar-refractivity contribution in [2.45, 2.75) is 6.92 Å². The molecule has 114 valence electrons. The molecule has 1 heteroatoms. The molecule has 4 aromatic carbocycles. The molecule has 0 aliphatic heterocycles. The van der Waals surface area contributed by atoms with E-state index in [1.165, 1.54) is 43.8 Å². The number of benzene rings is 4. The van der Waals surface area contributed by atoms with Crippen molar-refractivity contribution >= 4 is 32.6 Å². The lowest BCUT2D eigenvalue weighted by Gasteiger charge is -2.09. The number of nitrogens with zero attached hydrogens (tertiary/aromatic N) is 1. The maximum absolute atomic E-state index is 2.40. The van der Waals surface area contributed by atoms with Crippen molar-refractivity contribution in [3.05, 3.63) is 90.5 Å². The van der Waals surface area contributed by atoms with E-state index >= 15 is 0 Å². The molecule has 1 aromatic heterocycles. The molecule has 0 amide bonds. The van der Waals surface area contributed by atoms with Gasteiger partial charge >= 0.3 is 0 Å². The minimum absolute atomic E-state index is 1.21. The highest BCUT2D eigenvalue weighted by atomic mass is 15.0. The van der Waals surface area contributed by atoms with E-state index in [4.69, 9.17) is 0 Å². The molecule has 24 heavy (non-hydrogen) atoms. The van der Waals surface area contributed by atoms with Crippen molar-refractivity contribution in [2.75, 3.05) is 0 Å². The van der Waals surface area contributed by atoms with Gasteiger partial charge in [-0.25, -0.2) is 0 Å². The minimum atomic E-state index is 1.21. The Labute approximate surface area is 140 Å². The van der Waals surface area contributed by atoms with Crippen LogP contribution in [0.5, 0.6) is 0 Å². The molecular formula is C23H17N. The summed E-state index contributed by atoms with van der Waals surface area (Å²) in [4.78, 5) is 0. The Balaban J connectivity index is 2.10. The first-order valence-corrected chi connectivity index (χ1v) is 8.31. The number of rotatable bonds is 1. The van der Waals surface area contributed by atoms with E-state index < -0.39 is 0 Å². The van der Waals surface area contributed by atoms with Crippen molar-refractivity contribution < 1.29 is 0 Å². The zero-order valence-electron chi connectivity index (χ0n) is 13.5. The van der Waals surface area contributed by atoms with Crippen LogP contribution < -0.4 is 0 Å². The molecule has 0 spiro atoms. The van der Waals surface area contributed by atoms with Crippen LogP contribution in [-0.2, 0) is 0 Å². The molecule has 1 nitrogen and oxygen atoms in total. The van der Waals surface area contributed by atoms with Gasteiger partial charge in [0.15, 0.2) is 0 Å². The smallest absolute Gasteiger partial charge is 0.0570 e. The van der Waals surface area contributed by atoms with Crippen LogP contribution in [0, 0.1) is 6.92 Å². The maximum Gasteiger partial charge on any atom is 0.0570 e. The molecule has 0 saturated heterocycles. The van der Waals surface area contributed by atoms with Crippen molar-refractivity contribution in [3.63, 3.8) is 0 Å². The Morgan fingerprint density at radius 3 is 2.25 bits per heavy atom. The molecule has 1 heterocycles. The summed E-state index contributed by atoms with van der Waals surface area (Å²) < 4.78 is 2.40. The fraction of sp³-hybridized carbons (Fsp3) is 0.0435. The average Bonchev–Trinajstić information content (AvgIpc) is 2.99. The third-order valence-electron chi connectivity index (χ3n) is 4.89. The topological polar surface area (TPSA) is 4.93 Å². The monoisotopic (exact) mass is 307 g/mol. The molecular weight excluding hydrogens is 290 g/mol. The van der Waals surface area contributed by atoms with Crippen LogP contribution in [0.4, 0.5) is 0 Å². The third kappa shape index (κ3) is 1.75. The zero-order valence-corrected chi connectivity index (χ0v) is 13.5. The molecule has 0 bridgehead atoms. The molecule has 0 atom stereocenters. The standard InChI is InChI=1S/C23H17N/c1-16-8-7-13-20-22-19-12-6-5-9-17(19)14-15-21(22)24(23(16)20)18-10-3-2-4-11-18/h2-15H,1H3. The van der Waals surface area contributed by atoms with Crippen LogP contribution in [-0.4, -0.2) is 4.57 Å². The Morgan fingerprint density at radius 2 is 1.38 bits per heavy atom. The second-order valence-electron chi connectivity index (χ2n) is 6.32. The van der Waals surface area contributed by atoms with E-state index in [2.05, 4.69) is 96.4 Å². The van der Waals surface area contributed by atoms with Gasteiger partial charge in [0.1, 0.15) is 0 Å². The largest absolute Gasteiger partial charge is 0.309 e. The first-order valence-electron chi connectivity index (χ1n) is 8.31. The lowest BCUT2D eigenvalue weighted by molar-refractivity contribution is 1.17. The summed E-state index contributed by atoms with van der Waals surface area (Å²) >= 11 is 0. The summed E-state index contributed by atoms with van der Waals surface area (Å²) in [7, 11) is 0. The first kappa shape index (κ1) is 13.4. The van der Waals surface area contributed by atoms with Gasteiger partial charge in [-0.3, -0.25) is 0 Å². The third-order valence-corrected chi connectivity index (χ3v) is 4.89. The van der Waals surface area contributed by atoms with Crippen LogP contribution in [0.2, 0.25) is 0 Å². The van der Waals surface area contributed by atoms with Gasteiger partial charge in [0, 0.05) is 16.5 Å². The molecule has 0 N–H and O–H groups in total. The summed E-state index contributed by atoms with van der Waals surface area (Å²) in [6, 6.07) is 30.4. The Kier molecular flexibility index (Phi) is 2.77. The van der Waals surface area contributed by atoms with Crippen molar-refractivity contribution in [3.8, 4) is 5.69 Å². The normalized spacial score (nSPS) is 11.5. The van der Waals surface area contributed by atoms with Crippen LogP contribution in [0.15, 0.2) is 84.9 Å².